The van der Waals surface area contributed by atoms with Crippen LogP contribution in [0.15, 0.2) is 34.9 Å². The second-order valence-electron chi connectivity index (χ2n) is 4.38. The van der Waals surface area contributed by atoms with Gasteiger partial charge in [-0.15, -0.1) is 0 Å². The van der Waals surface area contributed by atoms with Gasteiger partial charge in [0.05, 0.1) is 23.8 Å². The first-order chi connectivity index (χ1) is 10.2. The van der Waals surface area contributed by atoms with E-state index in [-0.39, 0.29) is 12.4 Å². The van der Waals surface area contributed by atoms with Crippen LogP contribution in [-0.2, 0) is 4.74 Å². The molecule has 0 atom stereocenters. The Morgan fingerprint density at radius 1 is 1.24 bits per heavy atom. The molecule has 3 rings (SSSR count). The van der Waals surface area contributed by atoms with Gasteiger partial charge in [-0.3, -0.25) is 4.98 Å². The summed E-state index contributed by atoms with van der Waals surface area (Å²) in [5.74, 6) is -0.120. The van der Waals surface area contributed by atoms with Crippen LogP contribution in [0.1, 0.15) is 23.4 Å². The summed E-state index contributed by atoms with van der Waals surface area (Å²) >= 11 is 0. The first kappa shape index (κ1) is 13.2. The van der Waals surface area contributed by atoms with E-state index in [9.17, 15) is 4.79 Å². The molecule has 0 N–H and O–H groups in total. The first-order valence-electron chi connectivity index (χ1n) is 6.55. The molecule has 6 nitrogen and oxygen atoms in total. The summed E-state index contributed by atoms with van der Waals surface area (Å²) in [4.78, 5) is 24.9. The van der Waals surface area contributed by atoms with Crippen LogP contribution in [0.5, 0.6) is 0 Å². The van der Waals surface area contributed by atoms with Crippen LogP contribution in [-0.4, -0.2) is 27.5 Å². The van der Waals surface area contributed by atoms with Gasteiger partial charge in [0, 0.05) is 6.92 Å². The Morgan fingerprint density at radius 3 is 2.76 bits per heavy atom. The molecular weight excluding hydrogens is 270 g/mol. The Bertz CT molecular complexity index is 811. The van der Waals surface area contributed by atoms with Crippen LogP contribution in [0.3, 0.4) is 0 Å². The third kappa shape index (κ3) is 2.47. The molecule has 21 heavy (non-hydrogen) atoms. The number of fused-ring (bicyclic) bond motifs is 1. The highest BCUT2D eigenvalue weighted by Gasteiger charge is 2.22. The smallest absolute Gasteiger partial charge is 0.376 e. The Morgan fingerprint density at radius 2 is 2.00 bits per heavy atom. The molecule has 0 spiro atoms. The molecule has 0 aliphatic carbocycles. The third-order valence-corrected chi connectivity index (χ3v) is 2.89. The summed E-state index contributed by atoms with van der Waals surface area (Å²) in [6, 6.07) is 7.48. The fourth-order valence-electron chi connectivity index (χ4n) is 2.01. The second-order valence-corrected chi connectivity index (χ2v) is 4.38. The van der Waals surface area contributed by atoms with E-state index in [1.54, 1.807) is 20.0 Å². The van der Waals surface area contributed by atoms with Gasteiger partial charge in [-0.25, -0.2) is 14.8 Å². The van der Waals surface area contributed by atoms with Crippen molar-refractivity contribution in [1.29, 1.82) is 0 Å². The predicted molar refractivity (Wildman–Crippen MR) is 75.7 cm³/mol. The van der Waals surface area contributed by atoms with E-state index in [1.165, 1.54) is 0 Å². The fraction of sp³-hybridized carbons (Fsp3) is 0.200. The molecule has 2 aromatic heterocycles. The molecule has 0 saturated carbocycles. The molecule has 0 amide bonds. The van der Waals surface area contributed by atoms with E-state index >= 15 is 0 Å². The maximum atomic E-state index is 11.9. The molecular formula is C15H13N3O3. The summed E-state index contributed by atoms with van der Waals surface area (Å²) in [5, 5.41) is 0. The molecule has 0 fully saturated rings. The normalized spacial score (nSPS) is 10.8. The lowest BCUT2D eigenvalue weighted by molar-refractivity contribution is 0.0489. The minimum absolute atomic E-state index is 0.0546. The van der Waals surface area contributed by atoms with Crippen molar-refractivity contribution in [3.05, 3.63) is 42.1 Å². The topological polar surface area (TPSA) is 78.1 Å². The minimum Gasteiger partial charge on any atom is -0.460 e. The van der Waals surface area contributed by atoms with E-state index in [4.69, 9.17) is 9.15 Å². The van der Waals surface area contributed by atoms with Crippen LogP contribution < -0.4 is 0 Å². The zero-order valence-electron chi connectivity index (χ0n) is 11.7. The quantitative estimate of drug-likeness (QED) is 0.688. The Hall–Kier alpha value is -2.76. The van der Waals surface area contributed by atoms with Gasteiger partial charge >= 0.3 is 5.97 Å². The van der Waals surface area contributed by atoms with Crippen molar-refractivity contribution in [1.82, 2.24) is 15.0 Å². The minimum atomic E-state index is -0.553. The average Bonchev–Trinajstić information content (AvgIpc) is 2.89. The zero-order valence-corrected chi connectivity index (χ0v) is 11.7. The highest BCUT2D eigenvalue weighted by Crippen LogP contribution is 2.24. The van der Waals surface area contributed by atoms with Gasteiger partial charge in [0.25, 0.3) is 0 Å². The number of carbonyl (C=O) groups is 1. The maximum absolute atomic E-state index is 11.9. The third-order valence-electron chi connectivity index (χ3n) is 2.89. The first-order valence-corrected chi connectivity index (χ1v) is 6.55. The highest BCUT2D eigenvalue weighted by atomic mass is 16.5. The number of aromatic nitrogens is 3. The molecule has 106 valence electrons. The maximum Gasteiger partial charge on any atom is 0.376 e. The molecule has 0 bridgehead atoms. The van der Waals surface area contributed by atoms with Crippen LogP contribution in [0.4, 0.5) is 0 Å². The van der Waals surface area contributed by atoms with Gasteiger partial charge in [-0.05, 0) is 19.1 Å². The van der Waals surface area contributed by atoms with Gasteiger partial charge in [0.1, 0.15) is 11.4 Å². The van der Waals surface area contributed by atoms with E-state index in [2.05, 4.69) is 15.0 Å². The number of rotatable bonds is 3. The van der Waals surface area contributed by atoms with Crippen molar-refractivity contribution in [2.45, 2.75) is 13.8 Å². The number of oxazole rings is 1. The monoisotopic (exact) mass is 283 g/mol. The molecule has 0 radical (unpaired) electrons. The largest absolute Gasteiger partial charge is 0.460 e. The van der Waals surface area contributed by atoms with E-state index in [0.29, 0.717) is 17.3 Å². The second kappa shape index (κ2) is 5.32. The molecule has 6 heteroatoms. The van der Waals surface area contributed by atoms with Crippen molar-refractivity contribution in [3.63, 3.8) is 0 Å². The van der Waals surface area contributed by atoms with E-state index < -0.39 is 5.97 Å². The summed E-state index contributed by atoms with van der Waals surface area (Å²) < 4.78 is 10.3. The van der Waals surface area contributed by atoms with E-state index in [0.717, 1.165) is 11.0 Å². The standard InChI is InChI=1S/C15H13N3O3/c1-3-20-15(19)14-13(17-9(2)21-14)12-8-16-10-6-4-5-7-11(10)18-12/h4-8H,3H2,1-2H3. The summed E-state index contributed by atoms with van der Waals surface area (Å²) in [6.45, 7) is 3.67. The number of para-hydroxylation sites is 2. The van der Waals surface area contributed by atoms with Gasteiger partial charge in [0.15, 0.2) is 5.89 Å². The van der Waals surface area contributed by atoms with Crippen LogP contribution >= 0.6 is 0 Å². The van der Waals surface area contributed by atoms with Gasteiger partial charge in [-0.2, -0.15) is 0 Å². The van der Waals surface area contributed by atoms with Gasteiger partial charge in [0.2, 0.25) is 5.76 Å². The Balaban J connectivity index is 2.11. The fourth-order valence-corrected chi connectivity index (χ4v) is 2.01. The Labute approximate surface area is 120 Å². The molecule has 1 aromatic carbocycles. The molecule has 0 unspecified atom stereocenters. The van der Waals surface area contributed by atoms with Crippen molar-refractivity contribution >= 4 is 17.0 Å². The van der Waals surface area contributed by atoms with E-state index in [1.807, 2.05) is 24.3 Å². The number of ether oxygens (including phenoxy) is 1. The lowest BCUT2D eigenvalue weighted by atomic mass is 10.2. The molecule has 2 heterocycles. The molecule has 0 aliphatic heterocycles. The zero-order chi connectivity index (χ0) is 14.8. The van der Waals surface area contributed by atoms with Crippen LogP contribution in [0.25, 0.3) is 22.4 Å². The molecule has 3 aromatic rings. The number of aryl methyl sites for hydroxylation is 1. The molecule has 0 aliphatic rings. The summed E-state index contributed by atoms with van der Waals surface area (Å²) in [6.07, 6.45) is 1.57. The SMILES string of the molecule is CCOC(=O)c1oc(C)nc1-c1cnc2ccccc2n1. The number of nitrogens with zero attached hydrogens (tertiary/aromatic N) is 3. The Kier molecular flexibility index (Phi) is 3.35. The number of esters is 1. The number of hydrogen-bond donors (Lipinski definition) is 0. The lowest BCUT2D eigenvalue weighted by Crippen LogP contribution is -2.05. The van der Waals surface area contributed by atoms with Crippen LogP contribution in [0, 0.1) is 6.92 Å². The average molecular weight is 283 g/mol. The number of carbonyl (C=O) groups excluding carboxylic acids is 1. The van der Waals surface area contributed by atoms with Crippen molar-refractivity contribution in [2.75, 3.05) is 6.61 Å². The lowest BCUT2D eigenvalue weighted by Gasteiger charge is -2.02. The summed E-state index contributed by atoms with van der Waals surface area (Å²) in [7, 11) is 0. The van der Waals surface area contributed by atoms with Crippen molar-refractivity contribution in [2.24, 2.45) is 0 Å². The van der Waals surface area contributed by atoms with Gasteiger partial charge in [-0.1, -0.05) is 12.1 Å². The van der Waals surface area contributed by atoms with Gasteiger partial charge < -0.3 is 9.15 Å². The number of benzene rings is 1. The summed E-state index contributed by atoms with van der Waals surface area (Å²) in [5.41, 5.74) is 2.34. The van der Waals surface area contributed by atoms with Crippen LogP contribution in [0.2, 0.25) is 0 Å². The van der Waals surface area contributed by atoms with Crippen molar-refractivity contribution in [3.8, 4) is 11.4 Å². The number of hydrogen-bond acceptors (Lipinski definition) is 6. The predicted octanol–water partition coefficient (Wildman–Crippen LogP) is 2.77. The van der Waals surface area contributed by atoms with Crippen molar-refractivity contribution < 1.29 is 13.9 Å². The molecule has 0 saturated heterocycles. The highest BCUT2D eigenvalue weighted by molar-refractivity contribution is 5.93.